The summed E-state index contributed by atoms with van der Waals surface area (Å²) in [5.74, 6) is -0.0444. The summed E-state index contributed by atoms with van der Waals surface area (Å²) < 4.78 is 0. The van der Waals surface area contributed by atoms with Gasteiger partial charge in [-0.3, -0.25) is 9.78 Å². The van der Waals surface area contributed by atoms with Gasteiger partial charge in [0.2, 0.25) is 5.91 Å². The fourth-order valence-corrected chi connectivity index (χ4v) is 2.00. The predicted octanol–water partition coefficient (Wildman–Crippen LogP) is 2.02. The first-order valence-electron chi connectivity index (χ1n) is 5.59. The molecule has 5 heteroatoms. The molecule has 0 aliphatic heterocycles. The Morgan fingerprint density at radius 1 is 1.39 bits per heavy atom. The summed E-state index contributed by atoms with van der Waals surface area (Å²) in [4.78, 5) is 18.7. The third-order valence-electron chi connectivity index (χ3n) is 2.48. The van der Waals surface area contributed by atoms with Gasteiger partial charge < -0.3 is 10.2 Å². The fraction of sp³-hybridized carbons (Fsp3) is 0.231. The normalized spacial score (nSPS) is 10.9. The SMILES string of the molecule is CN(C)CC(=O)Nc1ccc(S)c2ncccc12. The molecule has 0 saturated carbocycles. The Hall–Kier alpha value is -1.59. The van der Waals surface area contributed by atoms with Crippen LogP contribution >= 0.6 is 12.6 Å². The lowest BCUT2D eigenvalue weighted by Crippen LogP contribution is -2.27. The van der Waals surface area contributed by atoms with Crippen LogP contribution in [0.25, 0.3) is 10.9 Å². The molecular weight excluding hydrogens is 246 g/mol. The quantitative estimate of drug-likeness (QED) is 0.831. The number of aromatic nitrogens is 1. The average molecular weight is 261 g/mol. The Kier molecular flexibility index (Phi) is 3.84. The maximum Gasteiger partial charge on any atom is 0.238 e. The molecule has 2 rings (SSSR count). The average Bonchev–Trinajstić information content (AvgIpc) is 2.32. The molecule has 0 fully saturated rings. The molecule has 2 aromatic rings. The first kappa shape index (κ1) is 12.9. The molecule has 0 aliphatic carbocycles. The zero-order valence-corrected chi connectivity index (χ0v) is 11.2. The van der Waals surface area contributed by atoms with Crippen molar-refractivity contribution in [1.82, 2.24) is 9.88 Å². The number of nitrogens with one attached hydrogen (secondary N) is 1. The van der Waals surface area contributed by atoms with Crippen molar-refractivity contribution in [3.05, 3.63) is 30.5 Å². The van der Waals surface area contributed by atoms with Crippen LogP contribution in [-0.4, -0.2) is 36.4 Å². The Balaban J connectivity index is 2.34. The van der Waals surface area contributed by atoms with E-state index in [1.54, 1.807) is 6.20 Å². The summed E-state index contributed by atoms with van der Waals surface area (Å²) in [6, 6.07) is 7.45. The van der Waals surface area contributed by atoms with Gasteiger partial charge in [0.1, 0.15) is 0 Å². The number of hydrogen-bond donors (Lipinski definition) is 2. The van der Waals surface area contributed by atoms with Crippen LogP contribution in [-0.2, 0) is 4.79 Å². The second-order valence-corrected chi connectivity index (χ2v) is 4.80. The lowest BCUT2D eigenvalue weighted by Gasteiger charge is -2.12. The summed E-state index contributed by atoms with van der Waals surface area (Å²) in [5, 5.41) is 3.79. The second-order valence-electron chi connectivity index (χ2n) is 4.32. The van der Waals surface area contributed by atoms with Crippen LogP contribution < -0.4 is 5.32 Å². The highest BCUT2D eigenvalue weighted by molar-refractivity contribution is 7.80. The molecule has 0 atom stereocenters. The Morgan fingerprint density at radius 3 is 2.89 bits per heavy atom. The number of rotatable bonds is 3. The zero-order chi connectivity index (χ0) is 13.1. The molecule has 0 spiro atoms. The van der Waals surface area contributed by atoms with E-state index >= 15 is 0 Å². The van der Waals surface area contributed by atoms with Crippen molar-refractivity contribution >= 4 is 35.1 Å². The van der Waals surface area contributed by atoms with Gasteiger partial charge in [-0.1, -0.05) is 0 Å². The van der Waals surface area contributed by atoms with E-state index in [0.717, 1.165) is 21.5 Å². The van der Waals surface area contributed by atoms with E-state index in [-0.39, 0.29) is 5.91 Å². The largest absolute Gasteiger partial charge is 0.324 e. The van der Waals surface area contributed by atoms with Gasteiger partial charge in [0.15, 0.2) is 0 Å². The van der Waals surface area contributed by atoms with Crippen molar-refractivity contribution in [2.24, 2.45) is 0 Å². The third kappa shape index (κ3) is 2.80. The number of carbonyl (C=O) groups is 1. The molecule has 0 bridgehead atoms. The van der Waals surface area contributed by atoms with Crippen molar-refractivity contribution < 1.29 is 4.79 Å². The van der Waals surface area contributed by atoms with E-state index < -0.39 is 0 Å². The fourth-order valence-electron chi connectivity index (χ4n) is 1.74. The van der Waals surface area contributed by atoms with Gasteiger partial charge >= 0.3 is 0 Å². The van der Waals surface area contributed by atoms with Crippen LogP contribution in [0.5, 0.6) is 0 Å². The standard InChI is InChI=1S/C13H15N3OS/c1-16(2)8-12(17)15-10-5-6-11(18)13-9(10)4-3-7-14-13/h3-7,18H,8H2,1-2H3,(H,15,17). The topological polar surface area (TPSA) is 45.2 Å². The number of fused-ring (bicyclic) bond motifs is 1. The van der Waals surface area contributed by atoms with Gasteiger partial charge in [-0.05, 0) is 38.4 Å². The number of anilines is 1. The summed E-state index contributed by atoms with van der Waals surface area (Å²) >= 11 is 4.36. The number of amides is 1. The number of hydrogen-bond acceptors (Lipinski definition) is 4. The van der Waals surface area contributed by atoms with Crippen LogP contribution in [0.3, 0.4) is 0 Å². The van der Waals surface area contributed by atoms with Crippen LogP contribution in [0, 0.1) is 0 Å². The maximum atomic E-state index is 11.8. The highest BCUT2D eigenvalue weighted by Gasteiger charge is 2.08. The van der Waals surface area contributed by atoms with Crippen molar-refractivity contribution in [2.45, 2.75) is 4.90 Å². The summed E-state index contributed by atoms with van der Waals surface area (Å²) in [6.07, 6.45) is 1.72. The smallest absolute Gasteiger partial charge is 0.238 e. The van der Waals surface area contributed by atoms with E-state index in [1.807, 2.05) is 43.3 Å². The lowest BCUT2D eigenvalue weighted by atomic mass is 10.2. The van der Waals surface area contributed by atoms with E-state index in [9.17, 15) is 4.79 Å². The van der Waals surface area contributed by atoms with E-state index in [1.165, 1.54) is 0 Å². The number of benzene rings is 1. The van der Waals surface area contributed by atoms with Crippen molar-refractivity contribution in [2.75, 3.05) is 26.0 Å². The molecule has 1 aromatic carbocycles. The molecule has 1 heterocycles. The highest BCUT2D eigenvalue weighted by atomic mass is 32.1. The first-order valence-corrected chi connectivity index (χ1v) is 6.04. The van der Waals surface area contributed by atoms with Crippen LogP contribution in [0.4, 0.5) is 5.69 Å². The van der Waals surface area contributed by atoms with Crippen molar-refractivity contribution in [3.8, 4) is 0 Å². The molecule has 1 amide bonds. The summed E-state index contributed by atoms with van der Waals surface area (Å²) in [7, 11) is 3.71. The van der Waals surface area contributed by atoms with Crippen LogP contribution in [0.2, 0.25) is 0 Å². The number of carbonyl (C=O) groups excluding carboxylic acids is 1. The summed E-state index contributed by atoms with van der Waals surface area (Å²) in [6.45, 7) is 0.352. The third-order valence-corrected chi connectivity index (χ3v) is 2.84. The van der Waals surface area contributed by atoms with Crippen molar-refractivity contribution in [3.63, 3.8) is 0 Å². The van der Waals surface area contributed by atoms with Crippen molar-refractivity contribution in [1.29, 1.82) is 0 Å². The van der Waals surface area contributed by atoms with Gasteiger partial charge in [0.25, 0.3) is 0 Å². The predicted molar refractivity (Wildman–Crippen MR) is 76.2 cm³/mol. The monoisotopic (exact) mass is 261 g/mol. The Bertz CT molecular complexity index is 583. The van der Waals surface area contributed by atoms with E-state index in [4.69, 9.17) is 0 Å². The number of pyridine rings is 1. The van der Waals surface area contributed by atoms with Gasteiger partial charge in [0.05, 0.1) is 17.7 Å². The minimum atomic E-state index is -0.0444. The molecule has 0 radical (unpaired) electrons. The minimum Gasteiger partial charge on any atom is -0.324 e. The lowest BCUT2D eigenvalue weighted by molar-refractivity contribution is -0.116. The number of nitrogens with zero attached hydrogens (tertiary/aromatic N) is 2. The first-order chi connectivity index (χ1) is 8.58. The molecule has 0 saturated heterocycles. The van der Waals surface area contributed by atoms with E-state index in [0.29, 0.717) is 6.54 Å². The molecule has 0 unspecified atom stereocenters. The number of likely N-dealkylation sites (N-methyl/N-ethyl adjacent to an activating group) is 1. The van der Waals surface area contributed by atoms with Crippen LogP contribution in [0.1, 0.15) is 0 Å². The minimum absolute atomic E-state index is 0.0444. The van der Waals surface area contributed by atoms with E-state index in [2.05, 4.69) is 22.9 Å². The highest BCUT2D eigenvalue weighted by Crippen LogP contribution is 2.26. The molecular formula is C13H15N3OS. The molecule has 0 aliphatic rings. The maximum absolute atomic E-state index is 11.8. The molecule has 4 nitrogen and oxygen atoms in total. The molecule has 1 N–H and O–H groups in total. The molecule has 94 valence electrons. The van der Waals surface area contributed by atoms with Gasteiger partial charge in [-0.25, -0.2) is 0 Å². The Morgan fingerprint density at radius 2 is 2.17 bits per heavy atom. The van der Waals surface area contributed by atoms with Gasteiger partial charge in [-0.15, -0.1) is 12.6 Å². The Labute approximate surface area is 111 Å². The van der Waals surface area contributed by atoms with Crippen LogP contribution in [0.15, 0.2) is 35.4 Å². The zero-order valence-electron chi connectivity index (χ0n) is 10.3. The van der Waals surface area contributed by atoms with Gasteiger partial charge in [-0.2, -0.15) is 0 Å². The molecule has 1 aromatic heterocycles. The number of thiol groups is 1. The molecule has 18 heavy (non-hydrogen) atoms. The second kappa shape index (κ2) is 5.37. The van der Waals surface area contributed by atoms with Gasteiger partial charge in [0, 0.05) is 16.5 Å². The summed E-state index contributed by atoms with van der Waals surface area (Å²) in [5.41, 5.74) is 1.56.